The third kappa shape index (κ3) is 4.90. The second-order valence-corrected chi connectivity index (χ2v) is 8.95. The molecule has 3 aromatic rings. The van der Waals surface area contributed by atoms with Gasteiger partial charge in [0, 0.05) is 42.7 Å². The van der Waals surface area contributed by atoms with E-state index in [2.05, 4.69) is 20.6 Å². The normalized spacial score (nSPS) is 19.0. The molecule has 1 unspecified atom stereocenters. The summed E-state index contributed by atoms with van der Waals surface area (Å²) in [6.07, 6.45) is 1.98. The SMILES string of the molecule is O=c1[nH]c(N2CCOCC2)nc(NC2CCCNC2)c1-c1nc(-c2cc(F)cc(F)c2)cs1. The van der Waals surface area contributed by atoms with Gasteiger partial charge in [0.1, 0.15) is 28.0 Å². The Morgan fingerprint density at radius 3 is 2.67 bits per heavy atom. The van der Waals surface area contributed by atoms with E-state index < -0.39 is 11.6 Å². The van der Waals surface area contributed by atoms with E-state index in [9.17, 15) is 13.6 Å². The quantitative estimate of drug-likeness (QED) is 0.523. The lowest BCUT2D eigenvalue weighted by atomic mass is 10.1. The molecule has 0 aliphatic carbocycles. The molecule has 174 valence electrons. The van der Waals surface area contributed by atoms with E-state index in [1.807, 2.05) is 4.90 Å². The number of morpholine rings is 1. The maximum Gasteiger partial charge on any atom is 0.264 e. The van der Waals surface area contributed by atoms with E-state index in [0.29, 0.717) is 59.9 Å². The van der Waals surface area contributed by atoms with Crippen LogP contribution in [0.3, 0.4) is 0 Å². The molecule has 5 rings (SSSR count). The van der Waals surface area contributed by atoms with Crippen LogP contribution in [0.2, 0.25) is 0 Å². The molecule has 2 aromatic heterocycles. The van der Waals surface area contributed by atoms with Gasteiger partial charge in [-0.15, -0.1) is 11.3 Å². The van der Waals surface area contributed by atoms with Crippen LogP contribution in [0.4, 0.5) is 20.5 Å². The lowest BCUT2D eigenvalue weighted by Crippen LogP contribution is -2.40. The van der Waals surface area contributed by atoms with Gasteiger partial charge in [0.25, 0.3) is 5.56 Å². The number of piperidine rings is 1. The lowest BCUT2D eigenvalue weighted by molar-refractivity contribution is 0.122. The van der Waals surface area contributed by atoms with Gasteiger partial charge in [-0.1, -0.05) is 0 Å². The highest BCUT2D eigenvalue weighted by atomic mass is 32.1. The zero-order chi connectivity index (χ0) is 22.8. The molecule has 11 heteroatoms. The van der Waals surface area contributed by atoms with E-state index in [1.165, 1.54) is 23.5 Å². The van der Waals surface area contributed by atoms with Crippen molar-refractivity contribution in [3.63, 3.8) is 0 Å². The van der Waals surface area contributed by atoms with Crippen molar-refractivity contribution < 1.29 is 13.5 Å². The summed E-state index contributed by atoms with van der Waals surface area (Å²) in [5.74, 6) is -0.412. The lowest BCUT2D eigenvalue weighted by Gasteiger charge is -2.29. The maximum absolute atomic E-state index is 13.7. The number of nitrogens with zero attached hydrogens (tertiary/aromatic N) is 3. The predicted molar refractivity (Wildman–Crippen MR) is 124 cm³/mol. The average molecular weight is 475 g/mol. The molecule has 2 aliphatic heterocycles. The molecule has 4 heterocycles. The Morgan fingerprint density at radius 2 is 1.94 bits per heavy atom. The number of rotatable bonds is 5. The molecule has 2 aliphatic rings. The van der Waals surface area contributed by atoms with E-state index in [1.54, 1.807) is 5.38 Å². The van der Waals surface area contributed by atoms with E-state index in [0.717, 1.165) is 32.0 Å². The minimum Gasteiger partial charge on any atom is -0.378 e. The van der Waals surface area contributed by atoms with Crippen LogP contribution in [0, 0.1) is 11.6 Å². The number of H-pyrrole nitrogens is 1. The molecular weight excluding hydrogens is 450 g/mol. The highest BCUT2D eigenvalue weighted by Gasteiger charge is 2.23. The van der Waals surface area contributed by atoms with E-state index >= 15 is 0 Å². The van der Waals surface area contributed by atoms with Crippen LogP contribution in [0.5, 0.6) is 0 Å². The van der Waals surface area contributed by atoms with Crippen molar-refractivity contribution in [1.29, 1.82) is 0 Å². The number of nitrogens with one attached hydrogen (secondary N) is 3. The fourth-order valence-electron chi connectivity index (χ4n) is 4.08. The minimum absolute atomic E-state index is 0.126. The number of anilines is 2. The van der Waals surface area contributed by atoms with E-state index in [4.69, 9.17) is 9.72 Å². The van der Waals surface area contributed by atoms with Crippen LogP contribution in [0.15, 0.2) is 28.4 Å². The van der Waals surface area contributed by atoms with Crippen LogP contribution in [-0.4, -0.2) is 60.4 Å². The molecule has 3 N–H and O–H groups in total. The summed E-state index contributed by atoms with van der Waals surface area (Å²) in [7, 11) is 0. The second-order valence-electron chi connectivity index (χ2n) is 8.10. The summed E-state index contributed by atoms with van der Waals surface area (Å²) in [6.45, 7) is 4.15. The molecule has 8 nitrogen and oxygen atoms in total. The zero-order valence-electron chi connectivity index (χ0n) is 17.9. The van der Waals surface area contributed by atoms with Crippen molar-refractivity contribution in [1.82, 2.24) is 20.3 Å². The summed E-state index contributed by atoms with van der Waals surface area (Å²) in [5, 5.41) is 8.91. The first-order valence-corrected chi connectivity index (χ1v) is 11.8. The van der Waals surface area contributed by atoms with Crippen LogP contribution < -0.4 is 21.1 Å². The number of benzene rings is 1. The fraction of sp³-hybridized carbons (Fsp3) is 0.409. The number of thiazole rings is 1. The Labute approximate surface area is 193 Å². The Hall–Kier alpha value is -2.89. The van der Waals surface area contributed by atoms with Gasteiger partial charge in [-0.3, -0.25) is 9.78 Å². The Balaban J connectivity index is 1.54. The number of halogens is 2. The Bertz CT molecular complexity index is 1170. The van der Waals surface area contributed by atoms with Crippen molar-refractivity contribution in [2.45, 2.75) is 18.9 Å². The zero-order valence-corrected chi connectivity index (χ0v) is 18.7. The summed E-state index contributed by atoms with van der Waals surface area (Å²) < 4.78 is 32.8. The van der Waals surface area contributed by atoms with Crippen molar-refractivity contribution in [2.75, 3.05) is 49.6 Å². The van der Waals surface area contributed by atoms with Crippen molar-refractivity contribution >= 4 is 23.1 Å². The summed E-state index contributed by atoms with van der Waals surface area (Å²) >= 11 is 1.24. The molecule has 1 atom stereocenters. The number of hydrogen-bond acceptors (Lipinski definition) is 8. The highest BCUT2D eigenvalue weighted by molar-refractivity contribution is 7.13. The van der Waals surface area contributed by atoms with Gasteiger partial charge < -0.3 is 20.3 Å². The average Bonchev–Trinajstić information content (AvgIpc) is 3.29. The van der Waals surface area contributed by atoms with Gasteiger partial charge in [-0.2, -0.15) is 4.98 Å². The topological polar surface area (TPSA) is 95.2 Å². The Morgan fingerprint density at radius 1 is 1.15 bits per heavy atom. The summed E-state index contributed by atoms with van der Waals surface area (Å²) in [5.41, 5.74) is 0.723. The molecule has 0 saturated carbocycles. The van der Waals surface area contributed by atoms with Crippen molar-refractivity contribution in [2.24, 2.45) is 0 Å². The molecule has 2 saturated heterocycles. The molecule has 0 bridgehead atoms. The van der Waals surface area contributed by atoms with Crippen LogP contribution in [0.1, 0.15) is 12.8 Å². The first kappa shape index (κ1) is 21.9. The van der Waals surface area contributed by atoms with Gasteiger partial charge in [-0.05, 0) is 31.5 Å². The monoisotopic (exact) mass is 474 g/mol. The van der Waals surface area contributed by atoms with Crippen LogP contribution >= 0.6 is 11.3 Å². The molecular formula is C22H24F2N6O2S. The van der Waals surface area contributed by atoms with Crippen molar-refractivity contribution in [3.8, 4) is 21.8 Å². The molecule has 0 spiro atoms. The van der Waals surface area contributed by atoms with Gasteiger partial charge in [0.15, 0.2) is 0 Å². The molecule has 1 aromatic carbocycles. The van der Waals surface area contributed by atoms with Crippen LogP contribution in [0.25, 0.3) is 21.8 Å². The molecule has 0 amide bonds. The van der Waals surface area contributed by atoms with Crippen LogP contribution in [-0.2, 0) is 4.74 Å². The van der Waals surface area contributed by atoms with Gasteiger partial charge >= 0.3 is 0 Å². The maximum atomic E-state index is 13.7. The number of aromatic amines is 1. The van der Waals surface area contributed by atoms with Gasteiger partial charge in [0.2, 0.25) is 5.95 Å². The molecule has 33 heavy (non-hydrogen) atoms. The Kier molecular flexibility index (Phi) is 6.34. The molecule has 0 radical (unpaired) electrons. The fourth-order valence-corrected chi connectivity index (χ4v) is 4.95. The van der Waals surface area contributed by atoms with E-state index in [-0.39, 0.29) is 11.6 Å². The standard InChI is InChI=1S/C22H24F2N6O2S/c23-14-8-13(9-15(24)10-14)17-12-33-21(27-17)18-19(26-16-2-1-3-25-11-16)28-22(29-20(18)31)30-4-6-32-7-5-30/h8-10,12,16,25H,1-7,11H2,(H2,26,28,29,31). The first-order chi connectivity index (χ1) is 16.1. The second kappa shape index (κ2) is 9.54. The summed E-state index contributed by atoms with van der Waals surface area (Å²) in [4.78, 5) is 27.4. The van der Waals surface area contributed by atoms with Crippen molar-refractivity contribution in [3.05, 3.63) is 45.6 Å². The number of ether oxygens (including phenoxy) is 1. The third-order valence-electron chi connectivity index (χ3n) is 5.73. The largest absolute Gasteiger partial charge is 0.378 e. The predicted octanol–water partition coefficient (Wildman–Crippen LogP) is 2.84. The number of hydrogen-bond donors (Lipinski definition) is 3. The third-order valence-corrected chi connectivity index (χ3v) is 6.59. The smallest absolute Gasteiger partial charge is 0.264 e. The minimum atomic E-state index is -0.680. The van der Waals surface area contributed by atoms with Gasteiger partial charge in [0.05, 0.1) is 18.9 Å². The van der Waals surface area contributed by atoms with Gasteiger partial charge in [-0.25, -0.2) is 13.8 Å². The molecule has 2 fully saturated rings. The first-order valence-electron chi connectivity index (χ1n) is 10.9. The highest BCUT2D eigenvalue weighted by Crippen LogP contribution is 2.32. The summed E-state index contributed by atoms with van der Waals surface area (Å²) in [6, 6.07) is 3.38. The number of aromatic nitrogens is 3.